The molecule has 2 aromatic carbocycles. The number of phenolic OH excluding ortho intramolecular Hbond substituents is 1. The highest BCUT2D eigenvalue weighted by atomic mass is 35.5. The van der Waals surface area contributed by atoms with Crippen molar-refractivity contribution < 1.29 is 33.6 Å². The number of Topliss-reactive ketones (excluding diaryl/α,β-unsaturated/α-hetero) is 2. The SMILES string of the molecule is COc1cc2nc(CCn3c(=O)n4n(c3=O)C3CC5(Cl)C(=O)C(Cl)=C(Cl)C(=O)C5(Cl)C(C=Cc5cc(OC)c(O)c(OC)c5)C3=CC4)c(=O)n(C)c2cc1OC. The van der Waals surface area contributed by atoms with Crippen LogP contribution in [0.25, 0.3) is 17.1 Å². The van der Waals surface area contributed by atoms with E-state index in [9.17, 15) is 29.1 Å². The smallest absolute Gasteiger partial charge is 0.347 e. The first-order valence-corrected chi connectivity index (χ1v) is 18.5. The van der Waals surface area contributed by atoms with Crippen LogP contribution < -0.4 is 35.9 Å². The van der Waals surface area contributed by atoms with Crippen LogP contribution in [-0.4, -0.2) is 78.3 Å². The van der Waals surface area contributed by atoms with Gasteiger partial charge < -0.3 is 28.6 Å². The first-order valence-electron chi connectivity index (χ1n) is 17.0. The van der Waals surface area contributed by atoms with Crippen molar-refractivity contribution in [2.24, 2.45) is 13.0 Å². The molecule has 4 aromatic rings. The van der Waals surface area contributed by atoms with E-state index in [1.807, 2.05) is 0 Å². The summed E-state index contributed by atoms with van der Waals surface area (Å²) < 4.78 is 26.1. The average molecular weight is 850 g/mol. The molecule has 294 valence electrons. The molecular weight excluding hydrogens is 816 g/mol. The number of hydrogen-bond acceptors (Lipinski definition) is 11. The third-order valence-corrected chi connectivity index (χ3v) is 12.9. The number of aryl methyl sites for hydroxylation is 2. The van der Waals surface area contributed by atoms with Crippen LogP contribution in [0.4, 0.5) is 0 Å². The monoisotopic (exact) mass is 847 g/mol. The van der Waals surface area contributed by atoms with Gasteiger partial charge in [0, 0.05) is 44.5 Å². The van der Waals surface area contributed by atoms with E-state index in [2.05, 4.69) is 4.98 Å². The number of benzene rings is 2. The first-order chi connectivity index (χ1) is 26.6. The van der Waals surface area contributed by atoms with Crippen LogP contribution in [0.5, 0.6) is 28.7 Å². The summed E-state index contributed by atoms with van der Waals surface area (Å²) in [5, 5.41) is 9.26. The van der Waals surface area contributed by atoms with Gasteiger partial charge in [-0.25, -0.2) is 28.5 Å². The number of ether oxygens (including phenoxy) is 4. The number of carbonyl (C=O) groups is 2. The van der Waals surface area contributed by atoms with Crippen molar-refractivity contribution in [3.05, 3.63) is 94.6 Å². The lowest BCUT2D eigenvalue weighted by atomic mass is 9.60. The van der Waals surface area contributed by atoms with Crippen LogP contribution in [0.15, 0.2) is 66.4 Å². The van der Waals surface area contributed by atoms with E-state index >= 15 is 0 Å². The molecule has 19 heteroatoms. The Balaban J connectivity index is 1.32. The molecule has 4 unspecified atom stereocenters. The minimum Gasteiger partial charge on any atom is -0.502 e. The Bertz CT molecular complexity index is 2630. The summed E-state index contributed by atoms with van der Waals surface area (Å²) in [5.41, 5.74) is -0.0517. The van der Waals surface area contributed by atoms with Gasteiger partial charge in [-0.05, 0) is 23.3 Å². The second-order valence-electron chi connectivity index (χ2n) is 13.3. The summed E-state index contributed by atoms with van der Waals surface area (Å²) >= 11 is 27.1. The first kappa shape index (κ1) is 39.3. The van der Waals surface area contributed by atoms with Crippen molar-refractivity contribution >= 4 is 75.1 Å². The van der Waals surface area contributed by atoms with Gasteiger partial charge in [-0.15, -0.1) is 23.2 Å². The molecule has 1 fully saturated rings. The van der Waals surface area contributed by atoms with Crippen LogP contribution in [0.1, 0.15) is 23.7 Å². The molecule has 0 radical (unpaired) electrons. The topological polar surface area (TPSA) is 175 Å². The molecule has 2 aliphatic carbocycles. The largest absolute Gasteiger partial charge is 0.502 e. The molecule has 56 heavy (non-hydrogen) atoms. The molecule has 1 aliphatic heterocycles. The van der Waals surface area contributed by atoms with Crippen LogP contribution in [0.2, 0.25) is 0 Å². The fourth-order valence-electron chi connectivity index (χ4n) is 7.76. The molecule has 2 aromatic heterocycles. The lowest BCUT2D eigenvalue weighted by Gasteiger charge is -2.53. The quantitative estimate of drug-likeness (QED) is 0.190. The number of rotatable bonds is 9. The molecule has 7 rings (SSSR count). The average Bonchev–Trinajstić information content (AvgIpc) is 3.44. The lowest BCUT2D eigenvalue weighted by molar-refractivity contribution is -0.129. The van der Waals surface area contributed by atoms with E-state index in [-0.39, 0.29) is 42.5 Å². The van der Waals surface area contributed by atoms with Crippen molar-refractivity contribution in [1.82, 2.24) is 23.5 Å². The second kappa shape index (κ2) is 14.2. The number of alkyl halides is 2. The van der Waals surface area contributed by atoms with Gasteiger partial charge in [-0.2, -0.15) is 0 Å². The molecule has 1 N–H and O–H groups in total. The second-order valence-corrected chi connectivity index (χ2v) is 15.3. The number of ketones is 2. The lowest BCUT2D eigenvalue weighted by Crippen LogP contribution is -2.67. The minimum atomic E-state index is -2.24. The third kappa shape index (κ3) is 5.61. The number of nitrogens with zero attached hydrogens (tertiary/aromatic N) is 5. The zero-order chi connectivity index (χ0) is 40.6. The maximum Gasteiger partial charge on any atom is 0.347 e. The number of fused-ring (bicyclic) bond motifs is 5. The van der Waals surface area contributed by atoms with Crippen molar-refractivity contribution in [1.29, 1.82) is 0 Å². The third-order valence-electron chi connectivity index (χ3n) is 10.6. The number of hydrogen-bond donors (Lipinski definition) is 1. The Morgan fingerprint density at radius 1 is 0.875 bits per heavy atom. The van der Waals surface area contributed by atoms with Gasteiger partial charge in [0.1, 0.15) is 25.5 Å². The van der Waals surface area contributed by atoms with E-state index in [4.69, 9.17) is 65.4 Å². The Morgan fingerprint density at radius 3 is 2.11 bits per heavy atom. The van der Waals surface area contributed by atoms with Crippen LogP contribution in [0, 0.1) is 5.92 Å². The number of methoxy groups -OCH3 is 4. The maximum atomic E-state index is 14.3. The summed E-state index contributed by atoms with van der Waals surface area (Å²) in [5.74, 6) is -2.28. The van der Waals surface area contributed by atoms with Crippen LogP contribution in [-0.2, 0) is 36.1 Å². The predicted octanol–water partition coefficient (Wildman–Crippen LogP) is 4.05. The zero-order valence-corrected chi connectivity index (χ0v) is 33.4. The molecule has 0 saturated heterocycles. The molecule has 0 spiro atoms. The van der Waals surface area contributed by atoms with E-state index < -0.39 is 66.7 Å². The number of halogens is 4. The molecule has 15 nitrogen and oxygen atoms in total. The Hall–Kier alpha value is -4.96. The van der Waals surface area contributed by atoms with Crippen molar-refractivity contribution in [2.75, 3.05) is 28.4 Å². The predicted molar refractivity (Wildman–Crippen MR) is 208 cm³/mol. The highest BCUT2D eigenvalue weighted by Crippen LogP contribution is 2.61. The standard InChI is InChI=1S/C37H33Cl4N5O10/c1-43-22-15-25(54-3)24(53-2)14-21(22)42-20(33(43)50)9-10-44-34(51)45-11-8-18-19(7-6-17-12-26(55-4)30(47)27(13-17)56-5)37(41)32(49)29(39)28(38)31(48)36(37,40)16-23(18)46(45)35(44)52/h6-8,12-15,19,23,47H,9-11,16H2,1-5H3. The van der Waals surface area contributed by atoms with Crippen molar-refractivity contribution in [3.63, 3.8) is 0 Å². The minimum absolute atomic E-state index is 0.0879. The molecule has 1 saturated carbocycles. The number of aromatic nitrogens is 5. The van der Waals surface area contributed by atoms with Gasteiger partial charge in [-0.1, -0.05) is 41.4 Å². The van der Waals surface area contributed by atoms with Crippen LogP contribution >= 0.6 is 46.4 Å². The Morgan fingerprint density at radius 2 is 1.48 bits per heavy atom. The number of aromatic hydroxyl groups is 1. The highest BCUT2D eigenvalue weighted by molar-refractivity contribution is 6.66. The number of allylic oxidation sites excluding steroid dienone is 5. The fraction of sp³-hybridized carbons (Fsp3) is 0.351. The van der Waals surface area contributed by atoms with Gasteiger partial charge in [0.25, 0.3) is 5.56 Å². The molecule has 4 atom stereocenters. The maximum absolute atomic E-state index is 14.3. The van der Waals surface area contributed by atoms with Crippen LogP contribution in [0.3, 0.4) is 0 Å². The van der Waals surface area contributed by atoms with Crippen molar-refractivity contribution in [3.8, 4) is 28.7 Å². The summed E-state index contributed by atoms with van der Waals surface area (Å²) in [7, 11) is 7.23. The highest BCUT2D eigenvalue weighted by Gasteiger charge is 2.70. The van der Waals surface area contributed by atoms with Gasteiger partial charge in [0.2, 0.25) is 5.75 Å². The Kier molecular flexibility index (Phi) is 9.96. The number of phenols is 1. The van der Waals surface area contributed by atoms with Crippen molar-refractivity contribution in [2.45, 2.75) is 41.7 Å². The van der Waals surface area contributed by atoms with Gasteiger partial charge >= 0.3 is 11.4 Å². The Labute approximate surface area is 337 Å². The normalized spacial score (nSPS) is 23.2. The van der Waals surface area contributed by atoms with Gasteiger partial charge in [0.05, 0.1) is 52.1 Å². The van der Waals surface area contributed by atoms with Gasteiger partial charge in [-0.3, -0.25) is 14.4 Å². The van der Waals surface area contributed by atoms with Gasteiger partial charge in [0.15, 0.2) is 34.6 Å². The molecular formula is C37H33Cl4N5O10. The molecule has 0 bridgehead atoms. The van der Waals surface area contributed by atoms with E-state index in [1.54, 1.807) is 31.3 Å². The molecule has 0 amide bonds. The fourth-order valence-corrected chi connectivity index (χ4v) is 9.24. The summed E-state index contributed by atoms with van der Waals surface area (Å²) in [6, 6.07) is 5.19. The molecule has 3 heterocycles. The summed E-state index contributed by atoms with van der Waals surface area (Å²) in [4.78, 5) is 69.6. The number of carbonyl (C=O) groups excluding carboxylic acids is 2. The summed E-state index contributed by atoms with van der Waals surface area (Å²) in [6.45, 7) is -0.348. The van der Waals surface area contributed by atoms with E-state index in [0.717, 1.165) is 4.57 Å². The van der Waals surface area contributed by atoms with E-state index in [1.165, 1.54) is 60.6 Å². The van der Waals surface area contributed by atoms with E-state index in [0.29, 0.717) is 33.7 Å². The molecule has 3 aliphatic rings. The summed E-state index contributed by atoms with van der Waals surface area (Å²) in [6.07, 6.45) is 4.23. The zero-order valence-electron chi connectivity index (χ0n) is 30.4.